The first-order valence-corrected chi connectivity index (χ1v) is 8.80. The fourth-order valence-corrected chi connectivity index (χ4v) is 3.14. The topological polar surface area (TPSA) is 97.0 Å². The van der Waals surface area contributed by atoms with E-state index in [4.69, 9.17) is 4.74 Å². The minimum absolute atomic E-state index is 0.0748. The minimum atomic E-state index is -0.337. The number of fused-ring (bicyclic) bond motifs is 1. The largest absolute Gasteiger partial charge is 0.376 e. The van der Waals surface area contributed by atoms with Crippen molar-refractivity contribution in [3.8, 4) is 0 Å². The molecule has 0 atom stereocenters. The van der Waals surface area contributed by atoms with Crippen LogP contribution in [-0.4, -0.2) is 45.6 Å². The maximum Gasteiger partial charge on any atom is 0.270 e. The highest BCUT2D eigenvalue weighted by Crippen LogP contribution is 2.17. The number of carbonyl (C=O) groups excluding carboxylic acids is 2. The van der Waals surface area contributed by atoms with Gasteiger partial charge in [0.15, 0.2) is 0 Å². The first-order chi connectivity index (χ1) is 13.0. The van der Waals surface area contributed by atoms with Crippen molar-refractivity contribution in [2.75, 3.05) is 13.2 Å². The summed E-state index contributed by atoms with van der Waals surface area (Å²) in [5.74, 6) is -0.175. The van der Waals surface area contributed by atoms with E-state index in [2.05, 4.69) is 20.5 Å². The van der Waals surface area contributed by atoms with Crippen molar-refractivity contribution in [2.45, 2.75) is 25.3 Å². The molecule has 0 spiro atoms. The zero-order chi connectivity index (χ0) is 18.9. The molecule has 0 saturated carbocycles. The highest BCUT2D eigenvalue weighted by Gasteiger charge is 2.35. The molecule has 2 N–H and O–H groups in total. The van der Waals surface area contributed by atoms with E-state index in [0.29, 0.717) is 25.3 Å². The number of rotatable bonds is 6. The molecule has 0 unspecified atom stereocenters. The Balaban J connectivity index is 1.41. The van der Waals surface area contributed by atoms with Crippen molar-refractivity contribution in [3.63, 3.8) is 0 Å². The first-order valence-electron chi connectivity index (χ1n) is 8.80. The predicted molar refractivity (Wildman–Crippen MR) is 99.4 cm³/mol. The van der Waals surface area contributed by atoms with E-state index in [1.165, 1.54) is 0 Å². The van der Waals surface area contributed by atoms with Gasteiger partial charge in [-0.1, -0.05) is 12.1 Å². The van der Waals surface area contributed by atoms with Gasteiger partial charge in [-0.2, -0.15) is 5.10 Å². The molecule has 1 aliphatic rings. The molecule has 1 aromatic carbocycles. The number of nitrogens with one attached hydrogen (secondary N) is 2. The standard InChI is InChI=1S/C20H20N4O3/c1-20(11-27-12-20)23-19(26)18-9-14(4-5-21-18)7-16(25)6-13-2-3-15-10-22-24-17(15)8-13/h2-5,8-10H,6-7,11-12H2,1H3,(H,22,24)(H,23,26). The fourth-order valence-electron chi connectivity index (χ4n) is 3.14. The second-order valence-corrected chi connectivity index (χ2v) is 7.24. The van der Waals surface area contributed by atoms with Crippen LogP contribution in [0.4, 0.5) is 0 Å². The Bertz CT molecular complexity index is 1010. The van der Waals surface area contributed by atoms with E-state index in [1.807, 2.05) is 25.1 Å². The molecule has 4 rings (SSSR count). The van der Waals surface area contributed by atoms with E-state index in [9.17, 15) is 9.59 Å². The molecular weight excluding hydrogens is 344 g/mol. The number of benzene rings is 1. The number of hydrogen-bond acceptors (Lipinski definition) is 5. The molecular formula is C20H20N4O3. The lowest BCUT2D eigenvalue weighted by molar-refractivity contribution is -0.117. The number of ketones is 1. The van der Waals surface area contributed by atoms with E-state index in [1.54, 1.807) is 24.5 Å². The number of ether oxygens (including phenoxy) is 1. The molecule has 2 aromatic heterocycles. The molecule has 27 heavy (non-hydrogen) atoms. The van der Waals surface area contributed by atoms with E-state index in [0.717, 1.165) is 22.0 Å². The van der Waals surface area contributed by atoms with Gasteiger partial charge >= 0.3 is 0 Å². The van der Waals surface area contributed by atoms with Crippen LogP contribution in [0.2, 0.25) is 0 Å². The summed E-state index contributed by atoms with van der Waals surface area (Å²) in [6.07, 6.45) is 3.90. The fraction of sp³-hybridized carbons (Fsp3) is 0.300. The third-order valence-electron chi connectivity index (χ3n) is 4.62. The first kappa shape index (κ1) is 17.4. The summed E-state index contributed by atoms with van der Waals surface area (Å²) >= 11 is 0. The van der Waals surface area contributed by atoms with Crippen molar-refractivity contribution >= 4 is 22.6 Å². The molecule has 1 fully saturated rings. The molecule has 138 valence electrons. The van der Waals surface area contributed by atoms with Gasteiger partial charge in [-0.25, -0.2) is 0 Å². The van der Waals surface area contributed by atoms with Crippen molar-refractivity contribution in [3.05, 3.63) is 59.5 Å². The third-order valence-corrected chi connectivity index (χ3v) is 4.62. The van der Waals surface area contributed by atoms with Crippen molar-refractivity contribution in [2.24, 2.45) is 0 Å². The summed E-state index contributed by atoms with van der Waals surface area (Å²) in [5, 5.41) is 10.8. The average molecular weight is 364 g/mol. The number of carbonyl (C=O) groups is 2. The van der Waals surface area contributed by atoms with Crippen molar-refractivity contribution < 1.29 is 14.3 Å². The van der Waals surface area contributed by atoms with Gasteiger partial charge in [0, 0.05) is 24.4 Å². The Morgan fingerprint density at radius 2 is 1.96 bits per heavy atom. The monoisotopic (exact) mass is 364 g/mol. The Morgan fingerprint density at radius 3 is 2.70 bits per heavy atom. The van der Waals surface area contributed by atoms with Crippen LogP contribution < -0.4 is 5.32 Å². The van der Waals surface area contributed by atoms with Crippen LogP contribution in [0.5, 0.6) is 0 Å². The Morgan fingerprint density at radius 1 is 1.19 bits per heavy atom. The summed E-state index contributed by atoms with van der Waals surface area (Å²) in [4.78, 5) is 28.9. The quantitative estimate of drug-likeness (QED) is 0.696. The highest BCUT2D eigenvalue weighted by molar-refractivity contribution is 5.93. The Kier molecular flexibility index (Phi) is 4.45. The van der Waals surface area contributed by atoms with Crippen LogP contribution in [0.3, 0.4) is 0 Å². The summed E-state index contributed by atoms with van der Waals surface area (Å²) in [6.45, 7) is 2.92. The van der Waals surface area contributed by atoms with Gasteiger partial charge in [-0.15, -0.1) is 0 Å². The second kappa shape index (κ2) is 6.92. The van der Waals surface area contributed by atoms with Crippen LogP contribution in [0, 0.1) is 0 Å². The van der Waals surface area contributed by atoms with Crippen LogP contribution in [-0.2, 0) is 22.4 Å². The summed E-state index contributed by atoms with van der Waals surface area (Å²) in [7, 11) is 0. The van der Waals surface area contributed by atoms with Crippen molar-refractivity contribution in [1.29, 1.82) is 0 Å². The number of H-pyrrole nitrogens is 1. The lowest BCUT2D eigenvalue weighted by Gasteiger charge is -2.38. The van der Waals surface area contributed by atoms with E-state index >= 15 is 0 Å². The zero-order valence-corrected chi connectivity index (χ0v) is 15.0. The molecule has 3 aromatic rings. The number of aromatic amines is 1. The van der Waals surface area contributed by atoms with Crippen LogP contribution in [0.1, 0.15) is 28.5 Å². The maximum atomic E-state index is 12.5. The molecule has 0 radical (unpaired) electrons. The Labute approximate surface area is 156 Å². The predicted octanol–water partition coefficient (Wildman–Crippen LogP) is 1.83. The number of pyridine rings is 1. The van der Waals surface area contributed by atoms with Crippen molar-refractivity contribution in [1.82, 2.24) is 20.5 Å². The van der Waals surface area contributed by atoms with Gasteiger partial charge in [-0.3, -0.25) is 19.7 Å². The van der Waals surface area contributed by atoms with Crippen LogP contribution >= 0.6 is 0 Å². The smallest absolute Gasteiger partial charge is 0.270 e. The van der Waals surface area contributed by atoms with Crippen LogP contribution in [0.15, 0.2) is 42.7 Å². The van der Waals surface area contributed by atoms with E-state index < -0.39 is 0 Å². The lowest BCUT2D eigenvalue weighted by Crippen LogP contribution is -2.60. The van der Waals surface area contributed by atoms with Gasteiger partial charge in [-0.05, 0) is 36.2 Å². The number of amides is 1. The summed E-state index contributed by atoms with van der Waals surface area (Å²) < 4.78 is 5.14. The average Bonchev–Trinajstić information content (AvgIpc) is 3.08. The normalized spacial score (nSPS) is 15.3. The second-order valence-electron chi connectivity index (χ2n) is 7.24. The molecule has 7 nitrogen and oxygen atoms in total. The molecule has 3 heterocycles. The summed E-state index contributed by atoms with van der Waals surface area (Å²) in [5.41, 5.74) is 2.60. The molecule has 7 heteroatoms. The molecule has 0 aliphatic carbocycles. The summed E-state index contributed by atoms with van der Waals surface area (Å²) in [6, 6.07) is 9.26. The molecule has 1 saturated heterocycles. The minimum Gasteiger partial charge on any atom is -0.376 e. The van der Waals surface area contributed by atoms with Gasteiger partial charge in [0.2, 0.25) is 0 Å². The number of aromatic nitrogens is 3. The maximum absolute atomic E-state index is 12.5. The lowest BCUT2D eigenvalue weighted by atomic mass is 10.00. The van der Waals surface area contributed by atoms with Crippen LogP contribution in [0.25, 0.3) is 10.9 Å². The van der Waals surface area contributed by atoms with E-state index in [-0.39, 0.29) is 23.7 Å². The zero-order valence-electron chi connectivity index (χ0n) is 15.0. The van der Waals surface area contributed by atoms with Gasteiger partial charge < -0.3 is 10.1 Å². The Hall–Kier alpha value is -3.06. The number of hydrogen-bond donors (Lipinski definition) is 2. The van der Waals surface area contributed by atoms with Gasteiger partial charge in [0.05, 0.1) is 30.5 Å². The molecule has 0 bridgehead atoms. The third kappa shape index (κ3) is 3.88. The number of nitrogens with zero attached hydrogens (tertiary/aromatic N) is 2. The molecule has 1 aliphatic heterocycles. The SMILES string of the molecule is CC1(NC(=O)c2cc(CC(=O)Cc3ccc4cn[nH]c4c3)ccn2)COC1. The molecule has 1 amide bonds. The van der Waals surface area contributed by atoms with Gasteiger partial charge in [0.1, 0.15) is 11.5 Å². The highest BCUT2D eigenvalue weighted by atomic mass is 16.5. The number of Topliss-reactive ketones (excluding diaryl/α,β-unsaturated/α-hetero) is 1. The van der Waals surface area contributed by atoms with Gasteiger partial charge in [0.25, 0.3) is 5.91 Å².